The lowest BCUT2D eigenvalue weighted by Gasteiger charge is -2.00. The van der Waals surface area contributed by atoms with Gasteiger partial charge in [-0.2, -0.15) is 21.0 Å². The number of hydrogen-bond donors (Lipinski definition) is 5. The van der Waals surface area contributed by atoms with Gasteiger partial charge >= 0.3 is 16.4 Å². The zero-order valence-corrected chi connectivity index (χ0v) is 8.20. The molecule has 0 aromatic rings. The first-order valence-corrected chi connectivity index (χ1v) is 5.00. The van der Waals surface area contributed by atoms with Crippen molar-refractivity contribution >= 4 is 29.0 Å². The van der Waals surface area contributed by atoms with Crippen LogP contribution in [0.25, 0.3) is 0 Å². The van der Waals surface area contributed by atoms with Crippen molar-refractivity contribution in [3.8, 4) is 0 Å². The lowest BCUT2D eigenvalue weighted by Crippen LogP contribution is -2.30. The summed E-state index contributed by atoms with van der Waals surface area (Å²) >= 11 is 3.81. The molecular formula is C4H11NO6S2. The van der Waals surface area contributed by atoms with E-state index in [4.69, 9.17) is 28.4 Å². The SMILES string of the molecule is N[C@H](CCS)C(=O)O.O=S(=O)(O)O. The molecule has 0 amide bonds. The lowest BCUT2D eigenvalue weighted by molar-refractivity contribution is -0.138. The molecule has 0 saturated carbocycles. The fraction of sp³-hybridized carbons (Fsp3) is 0.750. The molecule has 0 aromatic heterocycles. The third-order valence-corrected chi connectivity index (χ3v) is 1.02. The Kier molecular flexibility index (Phi) is 8.26. The molecule has 5 N–H and O–H groups in total. The highest BCUT2D eigenvalue weighted by atomic mass is 32.3. The van der Waals surface area contributed by atoms with Crippen molar-refractivity contribution in [2.24, 2.45) is 5.73 Å². The van der Waals surface area contributed by atoms with Crippen molar-refractivity contribution in [1.29, 1.82) is 0 Å². The molecular weight excluding hydrogens is 222 g/mol. The quantitative estimate of drug-likeness (QED) is 0.313. The summed E-state index contributed by atoms with van der Waals surface area (Å²) in [4.78, 5) is 9.93. The fourth-order valence-corrected chi connectivity index (χ4v) is 0.541. The van der Waals surface area contributed by atoms with E-state index in [1.54, 1.807) is 0 Å². The molecule has 0 heterocycles. The average molecular weight is 233 g/mol. The summed E-state index contributed by atoms with van der Waals surface area (Å²) in [6.45, 7) is 0. The van der Waals surface area contributed by atoms with Crippen LogP contribution in [0.3, 0.4) is 0 Å². The molecule has 13 heavy (non-hydrogen) atoms. The average Bonchev–Trinajstić information content (AvgIpc) is 1.84. The highest BCUT2D eigenvalue weighted by molar-refractivity contribution is 7.80. The van der Waals surface area contributed by atoms with E-state index < -0.39 is 22.4 Å². The first-order chi connectivity index (χ1) is 5.68. The van der Waals surface area contributed by atoms with Gasteiger partial charge in [0.2, 0.25) is 0 Å². The number of hydrogen-bond acceptors (Lipinski definition) is 5. The van der Waals surface area contributed by atoms with Gasteiger partial charge < -0.3 is 10.8 Å². The van der Waals surface area contributed by atoms with Gasteiger partial charge in [0.15, 0.2) is 0 Å². The normalized spacial score (nSPS) is 12.6. The third-order valence-electron chi connectivity index (χ3n) is 0.757. The number of aliphatic carboxylic acids is 1. The van der Waals surface area contributed by atoms with Gasteiger partial charge in [-0.25, -0.2) is 0 Å². The van der Waals surface area contributed by atoms with Gasteiger partial charge in [-0.05, 0) is 12.2 Å². The summed E-state index contributed by atoms with van der Waals surface area (Å²) < 4.78 is 31.6. The summed E-state index contributed by atoms with van der Waals surface area (Å²) in [6, 6.07) is -0.743. The van der Waals surface area contributed by atoms with Crippen LogP contribution in [0.4, 0.5) is 0 Å². The Morgan fingerprint density at radius 2 is 1.77 bits per heavy atom. The fourth-order valence-electron chi connectivity index (χ4n) is 0.263. The monoisotopic (exact) mass is 233 g/mol. The maximum Gasteiger partial charge on any atom is 0.394 e. The van der Waals surface area contributed by atoms with E-state index in [0.717, 1.165) is 0 Å². The lowest BCUT2D eigenvalue weighted by atomic mass is 10.2. The van der Waals surface area contributed by atoms with Gasteiger partial charge in [0.1, 0.15) is 6.04 Å². The number of rotatable bonds is 3. The van der Waals surface area contributed by atoms with E-state index >= 15 is 0 Å². The molecule has 0 unspecified atom stereocenters. The largest absolute Gasteiger partial charge is 0.480 e. The second-order valence-electron chi connectivity index (χ2n) is 1.90. The molecule has 1 atom stereocenters. The van der Waals surface area contributed by atoms with Crippen LogP contribution in [0.5, 0.6) is 0 Å². The van der Waals surface area contributed by atoms with Crippen LogP contribution in [0.15, 0.2) is 0 Å². The van der Waals surface area contributed by atoms with Gasteiger partial charge in [0.05, 0.1) is 0 Å². The minimum atomic E-state index is -4.67. The zero-order valence-electron chi connectivity index (χ0n) is 6.49. The van der Waals surface area contributed by atoms with Crippen LogP contribution in [-0.2, 0) is 15.2 Å². The van der Waals surface area contributed by atoms with Crippen LogP contribution in [0, 0.1) is 0 Å². The van der Waals surface area contributed by atoms with Crippen LogP contribution >= 0.6 is 12.6 Å². The predicted molar refractivity (Wildman–Crippen MR) is 48.3 cm³/mol. The van der Waals surface area contributed by atoms with E-state index in [1.807, 2.05) is 0 Å². The predicted octanol–water partition coefficient (Wildman–Crippen LogP) is -0.935. The second kappa shape index (κ2) is 7.09. The van der Waals surface area contributed by atoms with Crippen LogP contribution < -0.4 is 5.73 Å². The molecule has 0 rings (SSSR count). The van der Waals surface area contributed by atoms with E-state index in [9.17, 15) is 4.79 Å². The van der Waals surface area contributed by atoms with Crippen molar-refractivity contribution in [3.05, 3.63) is 0 Å². The Morgan fingerprint density at radius 1 is 1.46 bits per heavy atom. The van der Waals surface area contributed by atoms with Crippen molar-refractivity contribution in [3.63, 3.8) is 0 Å². The second-order valence-corrected chi connectivity index (χ2v) is 3.25. The van der Waals surface area contributed by atoms with Crippen LogP contribution in [-0.4, -0.2) is 40.4 Å². The van der Waals surface area contributed by atoms with Crippen molar-refractivity contribution in [2.45, 2.75) is 12.5 Å². The number of carboxylic acid groups (broad SMARTS) is 1. The van der Waals surface area contributed by atoms with Gasteiger partial charge in [-0.1, -0.05) is 0 Å². The minimum Gasteiger partial charge on any atom is -0.480 e. The van der Waals surface area contributed by atoms with Crippen LogP contribution in [0.1, 0.15) is 6.42 Å². The maximum atomic E-state index is 9.93. The third kappa shape index (κ3) is 24.5. The molecule has 80 valence electrons. The Bertz CT molecular complexity index is 229. The summed E-state index contributed by atoms with van der Waals surface area (Å²) in [5, 5.41) is 8.15. The standard InChI is InChI=1S/C4H9NO2S.H2O4S/c5-3(1-2-8)4(6)7;1-5(2,3)4/h3,8H,1-2,5H2,(H,6,7);(H2,1,2,3,4)/t3-;/m1./s1. The van der Waals surface area contributed by atoms with E-state index in [1.165, 1.54) is 0 Å². The number of thiol groups is 1. The highest BCUT2D eigenvalue weighted by Crippen LogP contribution is 1.88. The van der Waals surface area contributed by atoms with E-state index in [-0.39, 0.29) is 0 Å². The van der Waals surface area contributed by atoms with Crippen molar-refractivity contribution in [1.82, 2.24) is 0 Å². The van der Waals surface area contributed by atoms with Gasteiger partial charge in [0.25, 0.3) is 0 Å². The van der Waals surface area contributed by atoms with Gasteiger partial charge in [-0.15, -0.1) is 0 Å². The Morgan fingerprint density at radius 3 is 1.85 bits per heavy atom. The molecule has 0 spiro atoms. The van der Waals surface area contributed by atoms with Crippen molar-refractivity contribution < 1.29 is 27.4 Å². The number of carboxylic acids is 1. The molecule has 7 nitrogen and oxygen atoms in total. The molecule has 0 aliphatic heterocycles. The molecule has 0 saturated heterocycles. The van der Waals surface area contributed by atoms with Gasteiger partial charge in [-0.3, -0.25) is 13.9 Å². The molecule has 0 aliphatic rings. The highest BCUT2D eigenvalue weighted by Gasteiger charge is 2.08. The summed E-state index contributed by atoms with van der Waals surface area (Å²) in [7, 11) is -4.67. The summed E-state index contributed by atoms with van der Waals surface area (Å²) in [6.07, 6.45) is 0.429. The number of nitrogens with two attached hydrogens (primary N) is 1. The Balaban J connectivity index is 0. The molecule has 0 fully saturated rings. The Labute approximate surface area is 80.9 Å². The Hall–Kier alpha value is -0.350. The molecule has 0 bridgehead atoms. The maximum absolute atomic E-state index is 9.93. The summed E-state index contributed by atoms with van der Waals surface area (Å²) in [5.41, 5.74) is 5.08. The van der Waals surface area contributed by atoms with Crippen molar-refractivity contribution in [2.75, 3.05) is 5.75 Å². The van der Waals surface area contributed by atoms with E-state index in [2.05, 4.69) is 12.6 Å². The minimum absolute atomic E-state index is 0.429. The summed E-state index contributed by atoms with van der Waals surface area (Å²) in [5.74, 6) is -0.438. The molecule has 0 radical (unpaired) electrons. The van der Waals surface area contributed by atoms with Crippen LogP contribution in [0.2, 0.25) is 0 Å². The smallest absolute Gasteiger partial charge is 0.394 e. The number of carbonyl (C=O) groups is 1. The zero-order chi connectivity index (χ0) is 11.1. The first-order valence-electron chi connectivity index (χ1n) is 2.97. The molecule has 0 aliphatic carbocycles. The topological polar surface area (TPSA) is 138 Å². The first kappa shape index (κ1) is 15.1. The molecule has 9 heteroatoms. The molecule has 0 aromatic carbocycles. The van der Waals surface area contributed by atoms with E-state index in [0.29, 0.717) is 12.2 Å². The van der Waals surface area contributed by atoms with Gasteiger partial charge in [0, 0.05) is 0 Å².